The second-order valence-electron chi connectivity index (χ2n) is 8.65. The quantitative estimate of drug-likeness (QED) is 0.285. The van der Waals surface area contributed by atoms with Gasteiger partial charge in [-0.25, -0.2) is 0 Å². The van der Waals surface area contributed by atoms with Gasteiger partial charge < -0.3 is 14.4 Å². The number of hydrogen-bond donors (Lipinski definition) is 1. The molecule has 0 bridgehead atoms. The van der Waals surface area contributed by atoms with Crippen molar-refractivity contribution in [2.45, 2.75) is 45.6 Å². The number of aliphatic carboxylic acids is 1. The molecule has 0 radical (unpaired) electrons. The van der Waals surface area contributed by atoms with Crippen LogP contribution in [0.4, 0.5) is 0 Å². The molecule has 1 N–H and O–H groups in total. The molecule has 36 heavy (non-hydrogen) atoms. The average molecular weight is 485 g/mol. The maximum Gasteiger partial charge on any atom is 0.311 e. The summed E-state index contributed by atoms with van der Waals surface area (Å²) in [5.41, 5.74) is 5.29. The number of benzene rings is 2. The van der Waals surface area contributed by atoms with Crippen LogP contribution in [0.3, 0.4) is 0 Å². The SMILES string of the molecule is CCC(C(=O)O)c1ccc(-c2ccc(-c3onc(C)c3CC(=O)O[C@H](C)c3ccccc3)cn2)cc1. The van der Waals surface area contributed by atoms with E-state index in [4.69, 9.17) is 9.26 Å². The van der Waals surface area contributed by atoms with Crippen molar-refractivity contribution in [3.63, 3.8) is 0 Å². The fourth-order valence-electron chi connectivity index (χ4n) is 4.14. The minimum atomic E-state index is -0.829. The first-order valence-electron chi connectivity index (χ1n) is 11.9. The zero-order valence-corrected chi connectivity index (χ0v) is 20.5. The van der Waals surface area contributed by atoms with Gasteiger partial charge >= 0.3 is 11.9 Å². The van der Waals surface area contributed by atoms with Crippen LogP contribution in [0, 0.1) is 6.92 Å². The van der Waals surface area contributed by atoms with Crippen LogP contribution in [-0.4, -0.2) is 27.2 Å². The Morgan fingerprint density at radius 2 is 1.67 bits per heavy atom. The van der Waals surface area contributed by atoms with Gasteiger partial charge in [-0.3, -0.25) is 14.6 Å². The summed E-state index contributed by atoms with van der Waals surface area (Å²) < 4.78 is 11.2. The van der Waals surface area contributed by atoms with Crippen LogP contribution in [-0.2, 0) is 20.7 Å². The Bertz CT molecular complexity index is 1330. The van der Waals surface area contributed by atoms with Crippen molar-refractivity contribution in [1.82, 2.24) is 10.1 Å². The van der Waals surface area contributed by atoms with Gasteiger partial charge in [0.1, 0.15) is 6.10 Å². The standard InChI is InChI=1S/C29H28N2O5/c1-4-24(29(33)34)21-10-12-22(13-11-21)26-15-14-23(17-30-26)28-25(18(2)31-36-28)16-27(32)35-19(3)20-8-6-5-7-9-20/h5-15,17,19,24H,4,16H2,1-3H3,(H,33,34)/t19-,24?/m1/s1. The third kappa shape index (κ3) is 5.51. The van der Waals surface area contributed by atoms with E-state index < -0.39 is 11.9 Å². The molecule has 0 aliphatic heterocycles. The first-order valence-corrected chi connectivity index (χ1v) is 11.9. The molecule has 0 spiro atoms. The molecule has 7 nitrogen and oxygen atoms in total. The van der Waals surface area contributed by atoms with Gasteiger partial charge in [0.2, 0.25) is 0 Å². The topological polar surface area (TPSA) is 103 Å². The molecule has 184 valence electrons. The fourth-order valence-corrected chi connectivity index (χ4v) is 4.14. The van der Waals surface area contributed by atoms with Gasteiger partial charge in [0.05, 0.1) is 23.7 Å². The van der Waals surface area contributed by atoms with Crippen molar-refractivity contribution in [3.05, 3.63) is 95.3 Å². The number of carboxylic acids is 1. The van der Waals surface area contributed by atoms with Crippen molar-refractivity contribution in [2.75, 3.05) is 0 Å². The van der Waals surface area contributed by atoms with Crippen LogP contribution < -0.4 is 0 Å². The smallest absolute Gasteiger partial charge is 0.311 e. The molecule has 0 aliphatic carbocycles. The Morgan fingerprint density at radius 3 is 2.28 bits per heavy atom. The molecule has 4 rings (SSSR count). The van der Waals surface area contributed by atoms with Crippen molar-refractivity contribution in [1.29, 1.82) is 0 Å². The summed E-state index contributed by atoms with van der Waals surface area (Å²) >= 11 is 0. The first-order chi connectivity index (χ1) is 17.4. The molecule has 7 heteroatoms. The van der Waals surface area contributed by atoms with Crippen LogP contribution in [0.5, 0.6) is 0 Å². The minimum Gasteiger partial charge on any atom is -0.481 e. The predicted octanol–water partition coefficient (Wildman–Crippen LogP) is 6.14. The van der Waals surface area contributed by atoms with Crippen LogP contribution in [0.2, 0.25) is 0 Å². The van der Waals surface area contributed by atoms with E-state index in [2.05, 4.69) is 10.1 Å². The van der Waals surface area contributed by atoms with Gasteiger partial charge in [0, 0.05) is 22.9 Å². The number of pyridine rings is 1. The molecule has 0 fully saturated rings. The average Bonchev–Trinajstić information content (AvgIpc) is 3.25. The number of rotatable bonds is 9. The van der Waals surface area contributed by atoms with Gasteiger partial charge in [0.25, 0.3) is 0 Å². The molecule has 0 saturated carbocycles. The molecule has 0 saturated heterocycles. The summed E-state index contributed by atoms with van der Waals surface area (Å²) in [5, 5.41) is 13.4. The van der Waals surface area contributed by atoms with E-state index in [9.17, 15) is 14.7 Å². The second-order valence-corrected chi connectivity index (χ2v) is 8.65. The molecule has 2 aromatic carbocycles. The van der Waals surface area contributed by atoms with Gasteiger partial charge in [-0.2, -0.15) is 0 Å². The summed E-state index contributed by atoms with van der Waals surface area (Å²) in [5.74, 6) is -1.23. The maximum absolute atomic E-state index is 12.7. The van der Waals surface area contributed by atoms with Gasteiger partial charge in [-0.15, -0.1) is 0 Å². The Balaban J connectivity index is 1.48. The summed E-state index contributed by atoms with van der Waals surface area (Å²) in [6.07, 6.45) is 1.88. The lowest BCUT2D eigenvalue weighted by atomic mass is 9.95. The number of carbonyl (C=O) groups is 2. The number of esters is 1. The molecule has 4 aromatic rings. The number of hydrogen-bond acceptors (Lipinski definition) is 6. The highest BCUT2D eigenvalue weighted by Crippen LogP contribution is 2.29. The van der Waals surface area contributed by atoms with E-state index in [-0.39, 0.29) is 18.5 Å². The number of nitrogens with zero attached hydrogens (tertiary/aromatic N) is 2. The number of ether oxygens (including phenoxy) is 1. The lowest BCUT2D eigenvalue weighted by Crippen LogP contribution is -2.12. The van der Waals surface area contributed by atoms with Crippen molar-refractivity contribution >= 4 is 11.9 Å². The maximum atomic E-state index is 12.7. The van der Waals surface area contributed by atoms with E-state index in [1.807, 2.05) is 80.6 Å². The second kappa shape index (κ2) is 11.0. The van der Waals surface area contributed by atoms with E-state index in [0.717, 1.165) is 22.4 Å². The van der Waals surface area contributed by atoms with Gasteiger partial charge in [-0.05, 0) is 43.5 Å². The fraction of sp³-hybridized carbons (Fsp3) is 0.241. The normalized spacial score (nSPS) is 12.6. The molecular formula is C29H28N2O5. The van der Waals surface area contributed by atoms with Crippen LogP contribution in [0.15, 0.2) is 77.4 Å². The van der Waals surface area contributed by atoms with E-state index in [0.29, 0.717) is 29.0 Å². The number of aryl methyl sites for hydroxylation is 1. The zero-order chi connectivity index (χ0) is 25.7. The Morgan fingerprint density at radius 1 is 0.972 bits per heavy atom. The van der Waals surface area contributed by atoms with Gasteiger partial charge in [-0.1, -0.05) is 66.7 Å². The lowest BCUT2D eigenvalue weighted by Gasteiger charge is -2.13. The minimum absolute atomic E-state index is 0.0349. The number of carboxylic acid groups (broad SMARTS) is 1. The monoisotopic (exact) mass is 484 g/mol. The summed E-state index contributed by atoms with van der Waals surface area (Å²) in [6.45, 7) is 5.49. The zero-order valence-electron chi connectivity index (χ0n) is 20.5. The molecule has 2 aromatic heterocycles. The third-order valence-electron chi connectivity index (χ3n) is 6.22. The molecule has 2 heterocycles. The van der Waals surface area contributed by atoms with Crippen molar-refractivity contribution in [2.24, 2.45) is 0 Å². The largest absolute Gasteiger partial charge is 0.481 e. The summed E-state index contributed by atoms with van der Waals surface area (Å²) in [4.78, 5) is 28.6. The number of carbonyl (C=O) groups excluding carboxylic acids is 1. The molecule has 1 unspecified atom stereocenters. The van der Waals surface area contributed by atoms with E-state index in [1.54, 1.807) is 13.1 Å². The van der Waals surface area contributed by atoms with Crippen LogP contribution in [0.25, 0.3) is 22.6 Å². The van der Waals surface area contributed by atoms with Crippen LogP contribution >= 0.6 is 0 Å². The highest BCUT2D eigenvalue weighted by atomic mass is 16.5. The van der Waals surface area contributed by atoms with E-state index >= 15 is 0 Å². The number of aromatic nitrogens is 2. The highest BCUT2D eigenvalue weighted by Gasteiger charge is 2.21. The summed E-state index contributed by atoms with van der Waals surface area (Å²) in [6, 6.07) is 20.7. The highest BCUT2D eigenvalue weighted by molar-refractivity contribution is 5.78. The third-order valence-corrected chi connectivity index (χ3v) is 6.22. The van der Waals surface area contributed by atoms with Crippen molar-refractivity contribution in [3.8, 4) is 22.6 Å². The predicted molar refractivity (Wildman–Crippen MR) is 135 cm³/mol. The Labute approximate surface area is 209 Å². The first kappa shape index (κ1) is 24.9. The Kier molecular flexibility index (Phi) is 7.59. The summed E-state index contributed by atoms with van der Waals surface area (Å²) in [7, 11) is 0. The lowest BCUT2D eigenvalue weighted by molar-refractivity contribution is -0.147. The molecule has 2 atom stereocenters. The van der Waals surface area contributed by atoms with Gasteiger partial charge in [0.15, 0.2) is 5.76 Å². The Hall–Kier alpha value is -4.26. The molecular weight excluding hydrogens is 456 g/mol. The molecule has 0 aliphatic rings. The molecule has 0 amide bonds. The van der Waals surface area contributed by atoms with E-state index in [1.165, 1.54) is 0 Å². The van der Waals surface area contributed by atoms with Crippen molar-refractivity contribution < 1.29 is 24.0 Å². The van der Waals surface area contributed by atoms with Crippen LogP contribution in [0.1, 0.15) is 54.7 Å².